The number of pyridine rings is 1. The van der Waals surface area contributed by atoms with Gasteiger partial charge in [0, 0.05) is 38.6 Å². The van der Waals surface area contributed by atoms with Gasteiger partial charge < -0.3 is 10.4 Å². The summed E-state index contributed by atoms with van der Waals surface area (Å²) in [6.07, 6.45) is 3.60. The van der Waals surface area contributed by atoms with Crippen LogP contribution in [0, 0.1) is 0 Å². The predicted octanol–water partition coefficient (Wildman–Crippen LogP) is 0.0202. The number of nitrogens with zero attached hydrogens (tertiary/aromatic N) is 2. The van der Waals surface area contributed by atoms with Crippen LogP contribution in [0.3, 0.4) is 0 Å². The first-order chi connectivity index (χ1) is 7.42. The van der Waals surface area contributed by atoms with E-state index in [1.54, 1.807) is 6.20 Å². The van der Waals surface area contributed by atoms with Gasteiger partial charge in [-0.3, -0.25) is 9.88 Å². The van der Waals surface area contributed by atoms with Gasteiger partial charge in [-0.1, -0.05) is 6.07 Å². The van der Waals surface area contributed by atoms with Gasteiger partial charge in [0.15, 0.2) is 0 Å². The van der Waals surface area contributed by atoms with Crippen molar-refractivity contribution in [1.29, 1.82) is 0 Å². The van der Waals surface area contributed by atoms with E-state index in [-0.39, 0.29) is 12.6 Å². The minimum absolute atomic E-state index is 0.0980. The zero-order valence-corrected chi connectivity index (χ0v) is 8.76. The predicted molar refractivity (Wildman–Crippen MR) is 58.5 cm³/mol. The second-order valence-electron chi connectivity index (χ2n) is 3.77. The number of hydrogen-bond acceptors (Lipinski definition) is 4. The van der Waals surface area contributed by atoms with Crippen LogP contribution in [-0.4, -0.2) is 47.8 Å². The molecule has 4 nitrogen and oxygen atoms in total. The molecule has 0 saturated carbocycles. The van der Waals surface area contributed by atoms with E-state index in [1.165, 1.54) is 0 Å². The van der Waals surface area contributed by atoms with Crippen molar-refractivity contribution < 1.29 is 5.11 Å². The Kier molecular flexibility index (Phi) is 3.66. The third-order valence-electron chi connectivity index (χ3n) is 2.83. The average molecular weight is 207 g/mol. The molecule has 1 atom stereocenters. The monoisotopic (exact) mass is 207 g/mol. The van der Waals surface area contributed by atoms with Crippen molar-refractivity contribution in [1.82, 2.24) is 15.2 Å². The first-order valence-corrected chi connectivity index (χ1v) is 5.37. The molecule has 4 heteroatoms. The molecule has 1 fully saturated rings. The van der Waals surface area contributed by atoms with Crippen molar-refractivity contribution in [3.05, 3.63) is 30.1 Å². The minimum Gasteiger partial charge on any atom is -0.394 e. The highest BCUT2D eigenvalue weighted by Crippen LogP contribution is 2.19. The molecular weight excluding hydrogens is 190 g/mol. The number of piperazine rings is 1. The zero-order chi connectivity index (χ0) is 10.5. The van der Waals surface area contributed by atoms with Gasteiger partial charge in [0.1, 0.15) is 0 Å². The second kappa shape index (κ2) is 5.21. The van der Waals surface area contributed by atoms with Gasteiger partial charge in [-0.05, 0) is 11.6 Å². The Balaban J connectivity index is 2.09. The lowest BCUT2D eigenvalue weighted by atomic mass is 10.1. The first kappa shape index (κ1) is 10.5. The Morgan fingerprint density at radius 3 is 2.87 bits per heavy atom. The van der Waals surface area contributed by atoms with E-state index in [0.717, 1.165) is 31.7 Å². The number of aromatic nitrogens is 1. The Labute approximate surface area is 89.9 Å². The summed E-state index contributed by atoms with van der Waals surface area (Å²) in [5.74, 6) is 0. The van der Waals surface area contributed by atoms with Crippen molar-refractivity contribution in [2.24, 2.45) is 0 Å². The summed E-state index contributed by atoms with van der Waals surface area (Å²) in [5, 5.41) is 12.7. The molecule has 0 spiro atoms. The highest BCUT2D eigenvalue weighted by molar-refractivity contribution is 5.14. The standard InChI is InChI=1S/C11H17N3O/c15-9-11(10-2-1-3-13-8-10)14-6-4-12-5-7-14/h1-3,8,11-12,15H,4-7,9H2/t11-/m1/s1. The molecule has 1 aromatic heterocycles. The van der Waals surface area contributed by atoms with Crippen molar-refractivity contribution in [2.45, 2.75) is 6.04 Å². The highest BCUT2D eigenvalue weighted by atomic mass is 16.3. The maximum absolute atomic E-state index is 9.44. The van der Waals surface area contributed by atoms with Gasteiger partial charge in [0.25, 0.3) is 0 Å². The molecule has 15 heavy (non-hydrogen) atoms. The van der Waals surface area contributed by atoms with Crippen LogP contribution in [-0.2, 0) is 0 Å². The van der Waals surface area contributed by atoms with E-state index < -0.39 is 0 Å². The maximum Gasteiger partial charge on any atom is 0.0629 e. The van der Waals surface area contributed by atoms with Crippen LogP contribution in [0.1, 0.15) is 11.6 Å². The molecule has 82 valence electrons. The molecule has 0 unspecified atom stereocenters. The van der Waals surface area contributed by atoms with Gasteiger partial charge in [0.05, 0.1) is 12.6 Å². The molecule has 0 aromatic carbocycles. The molecule has 1 saturated heterocycles. The molecule has 0 amide bonds. The number of aliphatic hydroxyl groups is 1. The van der Waals surface area contributed by atoms with Crippen LogP contribution in [0.5, 0.6) is 0 Å². The summed E-state index contributed by atoms with van der Waals surface area (Å²) in [4.78, 5) is 6.39. The van der Waals surface area contributed by atoms with Gasteiger partial charge in [-0.2, -0.15) is 0 Å². The molecule has 2 rings (SSSR count). The largest absolute Gasteiger partial charge is 0.394 e. The Morgan fingerprint density at radius 1 is 1.47 bits per heavy atom. The lowest BCUT2D eigenvalue weighted by Gasteiger charge is -2.33. The number of rotatable bonds is 3. The topological polar surface area (TPSA) is 48.4 Å². The summed E-state index contributed by atoms with van der Waals surface area (Å²) in [5.41, 5.74) is 1.10. The maximum atomic E-state index is 9.44. The summed E-state index contributed by atoms with van der Waals surface area (Å²) in [7, 11) is 0. The Hall–Kier alpha value is -0.970. The third kappa shape index (κ3) is 2.53. The van der Waals surface area contributed by atoms with Crippen molar-refractivity contribution in [2.75, 3.05) is 32.8 Å². The molecule has 0 bridgehead atoms. The smallest absolute Gasteiger partial charge is 0.0629 e. The molecule has 1 aromatic rings. The van der Waals surface area contributed by atoms with Gasteiger partial charge in [0.2, 0.25) is 0 Å². The number of aliphatic hydroxyl groups excluding tert-OH is 1. The second-order valence-corrected chi connectivity index (χ2v) is 3.77. The van der Waals surface area contributed by atoms with Crippen LogP contribution in [0.15, 0.2) is 24.5 Å². The van der Waals surface area contributed by atoms with Crippen LogP contribution in [0.25, 0.3) is 0 Å². The summed E-state index contributed by atoms with van der Waals surface area (Å²) < 4.78 is 0. The molecule has 2 heterocycles. The number of hydrogen-bond donors (Lipinski definition) is 2. The summed E-state index contributed by atoms with van der Waals surface area (Å²) in [6.45, 7) is 4.12. The van der Waals surface area contributed by atoms with E-state index in [4.69, 9.17) is 0 Å². The Bertz CT molecular complexity index is 285. The Morgan fingerprint density at radius 2 is 2.27 bits per heavy atom. The van der Waals surface area contributed by atoms with Crippen LogP contribution in [0.4, 0.5) is 0 Å². The zero-order valence-electron chi connectivity index (χ0n) is 8.76. The van der Waals surface area contributed by atoms with E-state index in [9.17, 15) is 5.11 Å². The van der Waals surface area contributed by atoms with Gasteiger partial charge >= 0.3 is 0 Å². The average Bonchev–Trinajstić information content (AvgIpc) is 2.33. The van der Waals surface area contributed by atoms with E-state index >= 15 is 0 Å². The minimum atomic E-state index is 0.0980. The fourth-order valence-electron chi connectivity index (χ4n) is 2.00. The van der Waals surface area contributed by atoms with Crippen LogP contribution < -0.4 is 5.32 Å². The molecular formula is C11H17N3O. The van der Waals surface area contributed by atoms with Crippen LogP contribution in [0.2, 0.25) is 0 Å². The van der Waals surface area contributed by atoms with E-state index in [2.05, 4.69) is 15.2 Å². The van der Waals surface area contributed by atoms with Crippen molar-refractivity contribution in [3.8, 4) is 0 Å². The highest BCUT2D eigenvalue weighted by Gasteiger charge is 2.21. The number of nitrogens with one attached hydrogen (secondary N) is 1. The lowest BCUT2D eigenvalue weighted by Crippen LogP contribution is -2.46. The molecule has 0 aliphatic carbocycles. The third-order valence-corrected chi connectivity index (χ3v) is 2.83. The summed E-state index contributed by atoms with van der Waals surface area (Å²) >= 11 is 0. The summed E-state index contributed by atoms with van der Waals surface area (Å²) in [6, 6.07) is 4.04. The molecule has 1 aliphatic heterocycles. The van der Waals surface area contributed by atoms with Gasteiger partial charge in [-0.15, -0.1) is 0 Å². The first-order valence-electron chi connectivity index (χ1n) is 5.37. The van der Waals surface area contributed by atoms with E-state index in [0.29, 0.717) is 0 Å². The molecule has 0 radical (unpaired) electrons. The van der Waals surface area contributed by atoms with Crippen molar-refractivity contribution >= 4 is 0 Å². The van der Waals surface area contributed by atoms with Crippen molar-refractivity contribution in [3.63, 3.8) is 0 Å². The molecule has 1 aliphatic rings. The normalized spacial score (nSPS) is 20.1. The van der Waals surface area contributed by atoms with Gasteiger partial charge in [-0.25, -0.2) is 0 Å². The van der Waals surface area contributed by atoms with Crippen LogP contribution >= 0.6 is 0 Å². The van der Waals surface area contributed by atoms with E-state index in [1.807, 2.05) is 18.3 Å². The molecule has 2 N–H and O–H groups in total. The quantitative estimate of drug-likeness (QED) is 0.733. The fourth-order valence-corrected chi connectivity index (χ4v) is 2.00. The SMILES string of the molecule is OC[C@H](c1cccnc1)N1CCNCC1. The fraction of sp³-hybridized carbons (Fsp3) is 0.545. The lowest BCUT2D eigenvalue weighted by molar-refractivity contribution is 0.110.